The van der Waals surface area contributed by atoms with Crippen LogP contribution in [-0.2, 0) is 11.4 Å². The predicted octanol–water partition coefficient (Wildman–Crippen LogP) is 4.77. The Balaban J connectivity index is 1.45. The number of amidine groups is 1. The van der Waals surface area contributed by atoms with Gasteiger partial charge in [-0.1, -0.05) is 30.3 Å². The molecule has 0 atom stereocenters. The van der Waals surface area contributed by atoms with Gasteiger partial charge in [0.1, 0.15) is 23.9 Å². The van der Waals surface area contributed by atoms with Gasteiger partial charge in [0.25, 0.3) is 5.91 Å². The summed E-state index contributed by atoms with van der Waals surface area (Å²) in [6, 6.07) is 21.0. The van der Waals surface area contributed by atoms with Gasteiger partial charge in [0.05, 0.1) is 34.0 Å². The molecule has 0 unspecified atom stereocenters. The molecule has 1 N–H and O–H groups in total. The van der Waals surface area contributed by atoms with E-state index in [1.165, 1.54) is 28.4 Å². The summed E-state index contributed by atoms with van der Waals surface area (Å²) < 4.78 is 27.7. The summed E-state index contributed by atoms with van der Waals surface area (Å²) in [5.74, 6) is 2.41. The van der Waals surface area contributed by atoms with E-state index in [1.807, 2.05) is 54.6 Å². The minimum Gasteiger partial charge on any atom is -0.493 e. The minimum absolute atomic E-state index is 0.209. The molecule has 2 heterocycles. The number of carbonyl (C=O) groups excluding carboxylic acids is 1. The normalized spacial score (nSPS) is 13.7. The van der Waals surface area contributed by atoms with E-state index in [-0.39, 0.29) is 11.6 Å². The minimum atomic E-state index is -0.356. The van der Waals surface area contributed by atoms with Crippen molar-refractivity contribution in [1.29, 1.82) is 0 Å². The Bertz CT molecular complexity index is 1570. The molecule has 1 aromatic heterocycles. The lowest BCUT2D eigenvalue weighted by molar-refractivity contribution is -0.115. The van der Waals surface area contributed by atoms with Crippen LogP contribution >= 0.6 is 0 Å². The topological polar surface area (TPSA) is 100 Å². The highest BCUT2D eigenvalue weighted by molar-refractivity contribution is 6.20. The standard InChI is InChI=1S/C30H27N3O6/c1-35-25-14-20(15-26(36-2)27(25)37-3)28-31-24(29(34)33-28)13-21-12-19-10-11-22(16-23(19)32-30(21)38-4)39-17-18-8-6-5-7-9-18/h5-16H,17H2,1-4H3,(H,31,33,34)/b24-13-. The van der Waals surface area contributed by atoms with E-state index in [1.54, 1.807) is 18.2 Å². The van der Waals surface area contributed by atoms with Crippen molar-refractivity contribution in [2.45, 2.75) is 6.61 Å². The van der Waals surface area contributed by atoms with Crippen LogP contribution < -0.4 is 29.0 Å². The van der Waals surface area contributed by atoms with Crippen LogP contribution in [0.3, 0.4) is 0 Å². The predicted molar refractivity (Wildman–Crippen MR) is 148 cm³/mol. The first-order valence-corrected chi connectivity index (χ1v) is 12.1. The molecular formula is C30H27N3O6. The Kier molecular flexibility index (Phi) is 7.31. The molecule has 0 saturated carbocycles. The summed E-state index contributed by atoms with van der Waals surface area (Å²) in [4.78, 5) is 22.0. The molecule has 3 aromatic carbocycles. The number of nitrogens with one attached hydrogen (secondary N) is 1. The van der Waals surface area contributed by atoms with Gasteiger partial charge in [-0.25, -0.2) is 9.98 Å². The van der Waals surface area contributed by atoms with Crippen molar-refractivity contribution in [3.63, 3.8) is 0 Å². The molecule has 0 bridgehead atoms. The van der Waals surface area contributed by atoms with Crippen molar-refractivity contribution in [2.24, 2.45) is 4.99 Å². The van der Waals surface area contributed by atoms with Crippen LogP contribution in [0.5, 0.6) is 28.9 Å². The molecule has 39 heavy (non-hydrogen) atoms. The third-order valence-corrected chi connectivity index (χ3v) is 6.15. The lowest BCUT2D eigenvalue weighted by atomic mass is 10.1. The zero-order chi connectivity index (χ0) is 27.4. The Hall–Kier alpha value is -5.05. The van der Waals surface area contributed by atoms with E-state index in [9.17, 15) is 4.79 Å². The molecule has 0 spiro atoms. The van der Waals surface area contributed by atoms with Gasteiger partial charge in [0, 0.05) is 22.6 Å². The third kappa shape index (κ3) is 5.33. The van der Waals surface area contributed by atoms with Crippen LogP contribution in [0, 0.1) is 0 Å². The maximum atomic E-state index is 12.8. The summed E-state index contributed by atoms with van der Waals surface area (Å²) in [5.41, 5.74) is 3.21. The van der Waals surface area contributed by atoms with Gasteiger partial charge in [-0.2, -0.15) is 0 Å². The molecule has 9 heteroatoms. The lowest BCUT2D eigenvalue weighted by Crippen LogP contribution is -2.24. The van der Waals surface area contributed by atoms with E-state index in [0.29, 0.717) is 58.0 Å². The number of ether oxygens (including phenoxy) is 5. The number of methoxy groups -OCH3 is 4. The van der Waals surface area contributed by atoms with Gasteiger partial charge in [-0.05, 0) is 42.0 Å². The molecular weight excluding hydrogens is 498 g/mol. The van der Waals surface area contributed by atoms with Gasteiger partial charge in [-0.15, -0.1) is 0 Å². The van der Waals surface area contributed by atoms with Crippen molar-refractivity contribution >= 4 is 28.7 Å². The zero-order valence-corrected chi connectivity index (χ0v) is 22.0. The quantitative estimate of drug-likeness (QED) is 0.314. The fourth-order valence-electron chi connectivity index (χ4n) is 4.21. The number of aliphatic imine (C=N–C) groups is 1. The molecule has 1 aliphatic heterocycles. The number of amides is 1. The Morgan fingerprint density at radius 1 is 0.846 bits per heavy atom. The van der Waals surface area contributed by atoms with E-state index in [2.05, 4.69) is 15.3 Å². The van der Waals surface area contributed by atoms with Crippen molar-refractivity contribution < 1.29 is 28.5 Å². The van der Waals surface area contributed by atoms with E-state index < -0.39 is 0 Å². The van der Waals surface area contributed by atoms with Crippen LogP contribution in [0.25, 0.3) is 17.0 Å². The molecule has 0 radical (unpaired) electrons. The monoisotopic (exact) mass is 525 g/mol. The number of fused-ring (bicyclic) bond motifs is 1. The molecule has 1 amide bonds. The zero-order valence-electron chi connectivity index (χ0n) is 22.0. The molecule has 5 rings (SSSR count). The van der Waals surface area contributed by atoms with Crippen LogP contribution in [0.4, 0.5) is 0 Å². The first-order valence-electron chi connectivity index (χ1n) is 12.1. The summed E-state index contributed by atoms with van der Waals surface area (Å²) >= 11 is 0. The molecule has 1 aliphatic rings. The van der Waals surface area contributed by atoms with Gasteiger partial charge >= 0.3 is 0 Å². The number of aromatic nitrogens is 1. The van der Waals surface area contributed by atoms with Crippen LogP contribution in [-0.4, -0.2) is 45.2 Å². The Morgan fingerprint density at radius 2 is 1.59 bits per heavy atom. The number of nitrogens with zero attached hydrogens (tertiary/aromatic N) is 2. The lowest BCUT2D eigenvalue weighted by Gasteiger charge is -2.13. The van der Waals surface area contributed by atoms with Gasteiger partial charge in [0.15, 0.2) is 11.5 Å². The SMILES string of the molecule is COc1cc(C2=N/C(=C\c3cc4ccc(OCc5ccccc5)cc4nc3OC)C(=O)N2)cc(OC)c1OC. The van der Waals surface area contributed by atoms with Crippen LogP contribution in [0.2, 0.25) is 0 Å². The average Bonchev–Trinajstić information content (AvgIpc) is 3.34. The highest BCUT2D eigenvalue weighted by Crippen LogP contribution is 2.38. The van der Waals surface area contributed by atoms with Crippen molar-refractivity contribution in [1.82, 2.24) is 10.3 Å². The Morgan fingerprint density at radius 3 is 2.26 bits per heavy atom. The van der Waals surface area contributed by atoms with Crippen molar-refractivity contribution in [2.75, 3.05) is 28.4 Å². The number of pyridine rings is 1. The van der Waals surface area contributed by atoms with Gasteiger partial charge in [-0.3, -0.25) is 4.79 Å². The molecule has 4 aromatic rings. The smallest absolute Gasteiger partial charge is 0.275 e. The van der Waals surface area contributed by atoms with E-state index >= 15 is 0 Å². The third-order valence-electron chi connectivity index (χ3n) is 6.15. The Labute approximate surface area is 225 Å². The molecule has 0 aliphatic carbocycles. The van der Waals surface area contributed by atoms with E-state index in [4.69, 9.17) is 23.7 Å². The number of rotatable bonds is 9. The number of carbonyl (C=O) groups is 1. The second kappa shape index (κ2) is 11.1. The molecule has 0 saturated heterocycles. The van der Waals surface area contributed by atoms with Gasteiger partial charge in [0.2, 0.25) is 11.6 Å². The van der Waals surface area contributed by atoms with Gasteiger partial charge < -0.3 is 29.0 Å². The van der Waals surface area contributed by atoms with E-state index in [0.717, 1.165) is 10.9 Å². The fraction of sp³-hybridized carbons (Fsp3) is 0.167. The number of hydrogen-bond donors (Lipinski definition) is 1. The highest BCUT2D eigenvalue weighted by atomic mass is 16.5. The summed E-state index contributed by atoms with van der Waals surface area (Å²) in [6.45, 7) is 0.453. The second-order valence-electron chi connectivity index (χ2n) is 8.57. The largest absolute Gasteiger partial charge is 0.493 e. The first kappa shape index (κ1) is 25.6. The molecule has 9 nitrogen and oxygen atoms in total. The van der Waals surface area contributed by atoms with Crippen molar-refractivity contribution in [3.05, 3.63) is 89.1 Å². The first-order chi connectivity index (χ1) is 19.0. The summed E-state index contributed by atoms with van der Waals surface area (Å²) in [7, 11) is 6.11. The average molecular weight is 526 g/mol. The fourth-order valence-corrected chi connectivity index (χ4v) is 4.21. The molecule has 0 fully saturated rings. The van der Waals surface area contributed by atoms with Crippen LogP contribution in [0.1, 0.15) is 16.7 Å². The summed E-state index contributed by atoms with van der Waals surface area (Å²) in [6.07, 6.45) is 1.64. The number of benzene rings is 3. The second-order valence-corrected chi connectivity index (χ2v) is 8.57. The van der Waals surface area contributed by atoms with Crippen molar-refractivity contribution in [3.8, 4) is 28.9 Å². The highest BCUT2D eigenvalue weighted by Gasteiger charge is 2.24. The van der Waals surface area contributed by atoms with Crippen LogP contribution in [0.15, 0.2) is 77.4 Å². The summed E-state index contributed by atoms with van der Waals surface area (Å²) in [5, 5.41) is 3.67. The number of hydrogen-bond acceptors (Lipinski definition) is 8. The maximum absolute atomic E-state index is 12.8. The molecule has 198 valence electrons. The maximum Gasteiger partial charge on any atom is 0.275 e.